The molecule has 34 heavy (non-hydrogen) atoms. The van der Waals surface area contributed by atoms with Gasteiger partial charge in [-0.2, -0.15) is 4.52 Å². The first kappa shape index (κ1) is 21.6. The van der Waals surface area contributed by atoms with E-state index in [-0.39, 0.29) is 11.5 Å². The van der Waals surface area contributed by atoms with Crippen LogP contribution in [0.1, 0.15) is 21.5 Å². The second kappa shape index (κ2) is 9.32. The number of ether oxygens (including phenoxy) is 1. The van der Waals surface area contributed by atoms with Crippen LogP contribution in [0.5, 0.6) is 5.75 Å². The molecule has 170 valence electrons. The van der Waals surface area contributed by atoms with Crippen molar-refractivity contribution < 1.29 is 9.53 Å². The lowest BCUT2D eigenvalue weighted by Crippen LogP contribution is -2.23. The molecule has 2 aromatic heterocycles. The van der Waals surface area contributed by atoms with Gasteiger partial charge in [-0.1, -0.05) is 53.8 Å². The summed E-state index contributed by atoms with van der Waals surface area (Å²) in [6.45, 7) is 0.967. The highest BCUT2D eigenvalue weighted by molar-refractivity contribution is 7.20. The van der Waals surface area contributed by atoms with E-state index < -0.39 is 0 Å². The quantitative estimate of drug-likeness (QED) is 0.374. The van der Waals surface area contributed by atoms with E-state index in [0.29, 0.717) is 39.6 Å². The SMILES string of the molecule is COc1ccc(CNC(=O)c2ccc3c(=O)n4nc(NCc5ccccc5)sc4nc3c2)cc1. The first-order valence-corrected chi connectivity index (χ1v) is 11.4. The van der Waals surface area contributed by atoms with E-state index in [4.69, 9.17) is 4.74 Å². The van der Waals surface area contributed by atoms with E-state index in [1.54, 1.807) is 25.3 Å². The van der Waals surface area contributed by atoms with Crippen molar-refractivity contribution in [2.75, 3.05) is 12.4 Å². The fourth-order valence-electron chi connectivity index (χ4n) is 3.52. The Kier molecular flexibility index (Phi) is 5.92. The summed E-state index contributed by atoms with van der Waals surface area (Å²) in [6.07, 6.45) is 0. The number of aromatic nitrogens is 3. The van der Waals surface area contributed by atoms with Gasteiger partial charge in [0.05, 0.1) is 18.0 Å². The van der Waals surface area contributed by atoms with Crippen LogP contribution in [-0.2, 0) is 13.1 Å². The minimum absolute atomic E-state index is 0.241. The Morgan fingerprint density at radius 1 is 1.00 bits per heavy atom. The molecule has 2 heterocycles. The monoisotopic (exact) mass is 471 g/mol. The third kappa shape index (κ3) is 4.46. The maximum atomic E-state index is 12.9. The molecule has 0 saturated carbocycles. The van der Waals surface area contributed by atoms with Crippen LogP contribution in [0.25, 0.3) is 15.9 Å². The molecule has 0 aliphatic rings. The summed E-state index contributed by atoms with van der Waals surface area (Å²) in [5.74, 6) is 0.518. The van der Waals surface area contributed by atoms with Crippen LogP contribution in [0.3, 0.4) is 0 Å². The predicted octanol–water partition coefficient (Wildman–Crippen LogP) is 3.85. The molecule has 0 spiro atoms. The summed E-state index contributed by atoms with van der Waals surface area (Å²) < 4.78 is 6.45. The van der Waals surface area contributed by atoms with Crippen LogP contribution in [0.4, 0.5) is 5.13 Å². The summed E-state index contributed by atoms with van der Waals surface area (Å²) in [4.78, 5) is 30.7. The van der Waals surface area contributed by atoms with Crippen LogP contribution in [-0.4, -0.2) is 27.6 Å². The van der Waals surface area contributed by atoms with Gasteiger partial charge in [0.15, 0.2) is 0 Å². The van der Waals surface area contributed by atoms with Gasteiger partial charge in [-0.25, -0.2) is 4.98 Å². The number of amides is 1. The van der Waals surface area contributed by atoms with Gasteiger partial charge in [0.25, 0.3) is 11.5 Å². The summed E-state index contributed by atoms with van der Waals surface area (Å²) in [6, 6.07) is 22.3. The Labute approximate surface area is 198 Å². The lowest BCUT2D eigenvalue weighted by atomic mass is 10.1. The molecule has 5 aromatic rings. The van der Waals surface area contributed by atoms with E-state index in [0.717, 1.165) is 16.9 Å². The van der Waals surface area contributed by atoms with Crippen molar-refractivity contribution in [1.82, 2.24) is 19.9 Å². The summed E-state index contributed by atoms with van der Waals surface area (Å²) in [7, 11) is 1.61. The Morgan fingerprint density at radius 3 is 2.53 bits per heavy atom. The Balaban J connectivity index is 1.35. The number of nitrogens with zero attached hydrogens (tertiary/aromatic N) is 3. The molecule has 9 heteroatoms. The maximum absolute atomic E-state index is 12.9. The van der Waals surface area contributed by atoms with Gasteiger partial charge < -0.3 is 15.4 Å². The van der Waals surface area contributed by atoms with Crippen molar-refractivity contribution in [1.29, 1.82) is 0 Å². The summed E-state index contributed by atoms with van der Waals surface area (Å²) in [5, 5.41) is 11.5. The highest BCUT2D eigenvalue weighted by Crippen LogP contribution is 2.20. The number of hydrogen-bond donors (Lipinski definition) is 2. The Bertz CT molecular complexity index is 1530. The van der Waals surface area contributed by atoms with Crippen LogP contribution < -0.4 is 20.9 Å². The molecule has 2 N–H and O–H groups in total. The van der Waals surface area contributed by atoms with E-state index in [1.165, 1.54) is 15.9 Å². The average Bonchev–Trinajstić information content (AvgIpc) is 3.30. The zero-order chi connectivity index (χ0) is 23.5. The average molecular weight is 472 g/mol. The van der Waals surface area contributed by atoms with E-state index >= 15 is 0 Å². The molecule has 0 atom stereocenters. The molecular formula is C25H21N5O3S. The van der Waals surface area contributed by atoms with E-state index in [9.17, 15) is 9.59 Å². The minimum atomic E-state index is -0.269. The number of methoxy groups -OCH3 is 1. The fourth-order valence-corrected chi connectivity index (χ4v) is 4.32. The molecule has 0 bridgehead atoms. The van der Waals surface area contributed by atoms with E-state index in [1.807, 2.05) is 54.6 Å². The largest absolute Gasteiger partial charge is 0.497 e. The van der Waals surface area contributed by atoms with Crippen molar-refractivity contribution in [2.45, 2.75) is 13.1 Å². The number of carbonyl (C=O) groups excluding carboxylic acids is 1. The lowest BCUT2D eigenvalue weighted by Gasteiger charge is -2.07. The zero-order valence-electron chi connectivity index (χ0n) is 18.3. The molecule has 0 fully saturated rings. The first-order chi connectivity index (χ1) is 16.6. The number of nitrogens with one attached hydrogen (secondary N) is 2. The molecule has 5 rings (SSSR count). The van der Waals surface area contributed by atoms with Crippen molar-refractivity contribution >= 4 is 38.2 Å². The van der Waals surface area contributed by atoms with Crippen LogP contribution in [0.2, 0.25) is 0 Å². The topological polar surface area (TPSA) is 97.6 Å². The third-order valence-electron chi connectivity index (χ3n) is 5.36. The van der Waals surface area contributed by atoms with Gasteiger partial charge in [0, 0.05) is 18.7 Å². The van der Waals surface area contributed by atoms with Crippen molar-refractivity contribution in [2.24, 2.45) is 0 Å². The van der Waals surface area contributed by atoms with Crippen molar-refractivity contribution in [3.63, 3.8) is 0 Å². The van der Waals surface area contributed by atoms with Gasteiger partial charge in [0.1, 0.15) is 5.75 Å². The minimum Gasteiger partial charge on any atom is -0.497 e. The molecule has 0 saturated heterocycles. The van der Waals surface area contributed by atoms with Gasteiger partial charge >= 0.3 is 0 Å². The molecule has 0 unspecified atom stereocenters. The second-order valence-corrected chi connectivity index (χ2v) is 8.58. The Morgan fingerprint density at radius 2 is 1.76 bits per heavy atom. The number of anilines is 1. The van der Waals surface area contributed by atoms with Crippen LogP contribution in [0, 0.1) is 0 Å². The first-order valence-electron chi connectivity index (χ1n) is 10.6. The highest BCUT2D eigenvalue weighted by Gasteiger charge is 2.13. The third-order valence-corrected chi connectivity index (χ3v) is 6.22. The molecule has 0 aliphatic heterocycles. The molecule has 8 nitrogen and oxygen atoms in total. The highest BCUT2D eigenvalue weighted by atomic mass is 32.1. The number of fused-ring (bicyclic) bond motifs is 2. The van der Waals surface area contributed by atoms with Crippen LogP contribution in [0.15, 0.2) is 77.6 Å². The van der Waals surface area contributed by atoms with Gasteiger partial charge in [0.2, 0.25) is 10.1 Å². The fraction of sp³-hybridized carbons (Fsp3) is 0.120. The second-order valence-electron chi connectivity index (χ2n) is 7.62. The molecule has 0 aliphatic carbocycles. The smallest absolute Gasteiger partial charge is 0.283 e. The molecular weight excluding hydrogens is 450 g/mol. The standard InChI is InChI=1S/C25H21N5O3S/c1-33-19-10-7-17(8-11-19)14-26-22(31)18-9-12-20-21(13-18)28-25-30(23(20)32)29-24(34-25)27-15-16-5-3-2-4-6-16/h2-13H,14-15H2,1H3,(H,26,31)(H,27,29). The van der Waals surface area contributed by atoms with Crippen molar-refractivity contribution in [3.05, 3.63) is 99.8 Å². The van der Waals surface area contributed by atoms with E-state index in [2.05, 4.69) is 20.7 Å². The molecule has 3 aromatic carbocycles. The van der Waals surface area contributed by atoms with Gasteiger partial charge in [-0.15, -0.1) is 5.10 Å². The Hall–Kier alpha value is -4.24. The lowest BCUT2D eigenvalue weighted by molar-refractivity contribution is 0.0951. The normalized spacial score (nSPS) is 11.0. The number of hydrogen-bond acceptors (Lipinski definition) is 7. The number of rotatable bonds is 7. The zero-order valence-corrected chi connectivity index (χ0v) is 19.1. The predicted molar refractivity (Wildman–Crippen MR) is 133 cm³/mol. The van der Waals surface area contributed by atoms with Crippen LogP contribution >= 0.6 is 11.3 Å². The maximum Gasteiger partial charge on any atom is 0.283 e. The summed E-state index contributed by atoms with van der Waals surface area (Å²) >= 11 is 1.29. The van der Waals surface area contributed by atoms with Gasteiger partial charge in [-0.3, -0.25) is 9.59 Å². The molecule has 1 amide bonds. The number of carbonyl (C=O) groups is 1. The number of benzene rings is 3. The summed E-state index contributed by atoms with van der Waals surface area (Å²) in [5.41, 5.74) is 2.68. The molecule has 0 radical (unpaired) electrons. The van der Waals surface area contributed by atoms with Gasteiger partial charge in [-0.05, 0) is 41.5 Å². The van der Waals surface area contributed by atoms with Crippen molar-refractivity contribution in [3.8, 4) is 5.75 Å².